The van der Waals surface area contributed by atoms with Gasteiger partial charge in [0.05, 0.1) is 44.9 Å². The molecule has 0 aliphatic carbocycles. The molecule has 0 amide bonds. The average molecular weight is 764 g/mol. The number of phenolic OH excluding ortho intramolecular Hbond substituents is 2. The lowest BCUT2D eigenvalue weighted by Gasteiger charge is -2.14. The van der Waals surface area contributed by atoms with E-state index in [0.29, 0.717) is 33.8 Å². The second-order valence-electron chi connectivity index (χ2n) is 11.5. The Morgan fingerprint density at radius 1 is 0.593 bits per heavy atom. The molecule has 19 heteroatoms. The van der Waals surface area contributed by atoms with Crippen LogP contribution in [0, 0.1) is 0 Å². The van der Waals surface area contributed by atoms with Crippen molar-refractivity contribution in [2.45, 2.75) is 9.79 Å². The summed E-state index contributed by atoms with van der Waals surface area (Å²) in [5, 5.41) is 44.3. The van der Waals surface area contributed by atoms with Gasteiger partial charge in [-0.1, -0.05) is 18.2 Å². The Balaban J connectivity index is 1.22. The molecule has 7 N–H and O–H groups in total. The molecule has 0 saturated heterocycles. The molecule has 0 bridgehead atoms. The number of rotatable bonds is 9. The van der Waals surface area contributed by atoms with E-state index in [1.54, 1.807) is 84.9 Å². The van der Waals surface area contributed by atoms with E-state index in [1.807, 2.05) is 0 Å². The highest BCUT2D eigenvalue weighted by atomic mass is 32.2. The Morgan fingerprint density at radius 3 is 1.74 bits per heavy atom. The summed E-state index contributed by atoms with van der Waals surface area (Å²) in [5.74, 6) is -0.218. The predicted molar refractivity (Wildman–Crippen MR) is 198 cm³/mol. The summed E-state index contributed by atoms with van der Waals surface area (Å²) >= 11 is 0. The van der Waals surface area contributed by atoms with Crippen molar-refractivity contribution < 1.29 is 36.2 Å². The minimum atomic E-state index is -5.05. The van der Waals surface area contributed by atoms with Crippen LogP contribution in [0.4, 0.5) is 39.8 Å². The number of hydrogen-bond donors (Lipinski definition) is 6. The lowest BCUT2D eigenvalue weighted by molar-refractivity contribution is 0.472. The van der Waals surface area contributed by atoms with Gasteiger partial charge in [-0.3, -0.25) is 9.11 Å². The van der Waals surface area contributed by atoms with Gasteiger partial charge in [0.15, 0.2) is 5.75 Å². The maximum atomic E-state index is 12.5. The van der Waals surface area contributed by atoms with Gasteiger partial charge >= 0.3 is 0 Å². The topological polar surface area (TPSA) is 278 Å². The van der Waals surface area contributed by atoms with Crippen molar-refractivity contribution in [2.24, 2.45) is 30.7 Å². The van der Waals surface area contributed by atoms with Gasteiger partial charge in [-0.2, -0.15) is 37.3 Å². The monoisotopic (exact) mass is 763 g/mol. The number of imidazole rings is 1. The van der Waals surface area contributed by atoms with E-state index in [2.05, 4.69) is 40.7 Å². The summed E-state index contributed by atoms with van der Waals surface area (Å²) in [4.78, 5) is 6.08. The van der Waals surface area contributed by atoms with Crippen LogP contribution in [0.3, 0.4) is 0 Å². The van der Waals surface area contributed by atoms with Crippen LogP contribution < -0.4 is 5.73 Å². The Kier molecular flexibility index (Phi) is 9.13. The van der Waals surface area contributed by atoms with Gasteiger partial charge in [0, 0.05) is 5.56 Å². The minimum absolute atomic E-state index is 0.123. The molecule has 270 valence electrons. The first kappa shape index (κ1) is 35.5. The first-order valence-electron chi connectivity index (χ1n) is 15.5. The van der Waals surface area contributed by atoms with E-state index in [9.17, 15) is 36.2 Å². The number of aromatic nitrogens is 2. The lowest BCUT2D eigenvalue weighted by atomic mass is 10.1. The maximum absolute atomic E-state index is 12.5. The summed E-state index contributed by atoms with van der Waals surface area (Å²) in [6.45, 7) is 0. The second-order valence-corrected chi connectivity index (χ2v) is 14.3. The van der Waals surface area contributed by atoms with Crippen LogP contribution in [0.5, 0.6) is 11.5 Å². The molecule has 7 aromatic rings. The molecule has 1 heterocycles. The third kappa shape index (κ3) is 7.36. The number of nitrogen functional groups attached to an aromatic ring is 1. The first-order chi connectivity index (χ1) is 25.7. The number of nitrogens with one attached hydrogen (secondary N) is 1. The molecule has 0 atom stereocenters. The summed E-state index contributed by atoms with van der Waals surface area (Å²) in [6.07, 6.45) is 0. The number of hydrogen-bond acceptors (Lipinski definition) is 14. The predicted octanol–water partition coefficient (Wildman–Crippen LogP) is 9.12. The normalized spacial score (nSPS) is 12.6. The number of benzene rings is 6. The molecule has 0 fully saturated rings. The van der Waals surface area contributed by atoms with Crippen molar-refractivity contribution in [1.82, 2.24) is 9.97 Å². The fraction of sp³-hybridized carbons (Fsp3) is 0. The van der Waals surface area contributed by atoms with Crippen molar-refractivity contribution in [3.05, 3.63) is 109 Å². The Hall–Kier alpha value is -6.93. The van der Waals surface area contributed by atoms with Crippen LogP contribution in [-0.4, -0.2) is 46.1 Å². The van der Waals surface area contributed by atoms with E-state index in [4.69, 9.17) is 5.73 Å². The zero-order chi connectivity index (χ0) is 38.2. The van der Waals surface area contributed by atoms with E-state index < -0.39 is 52.8 Å². The van der Waals surface area contributed by atoms with E-state index in [0.717, 1.165) is 12.1 Å². The van der Waals surface area contributed by atoms with Crippen molar-refractivity contribution in [3.63, 3.8) is 0 Å². The minimum Gasteiger partial charge on any atom is -0.508 e. The van der Waals surface area contributed by atoms with Gasteiger partial charge in [-0.25, -0.2) is 4.98 Å². The standard InChI is InChI=1S/C35H25N9O8S2/c36-31-30-20(17-29(54(50,51)52)33(34(30)46)44-40-21-4-2-1-3-5-21)16-28(53(47,48)49)32(31)43-41-22-8-6-19(7-9-22)35-37-26-15-12-24(18-27(26)38-35)42-39-23-10-13-25(45)14-11-23/h1-18,45-46H,36H2,(H,37,38)(H,47,48,49)(H,50,51,52). The molecule has 17 nitrogen and oxygen atoms in total. The van der Waals surface area contributed by atoms with Crippen LogP contribution >= 0.6 is 0 Å². The molecule has 0 saturated carbocycles. The third-order valence-electron chi connectivity index (χ3n) is 7.89. The van der Waals surface area contributed by atoms with Crippen molar-refractivity contribution in [2.75, 3.05) is 5.73 Å². The van der Waals surface area contributed by atoms with Crippen LogP contribution in [0.15, 0.2) is 150 Å². The smallest absolute Gasteiger partial charge is 0.296 e. The number of aromatic amines is 1. The molecule has 0 unspecified atom stereocenters. The van der Waals surface area contributed by atoms with Crippen molar-refractivity contribution in [1.29, 1.82) is 0 Å². The SMILES string of the molecule is Nc1c(N=Nc2ccc(-c3nc4ccc(N=Nc5ccc(O)cc5)cc4[nH]3)cc2)c(S(=O)(=O)O)cc2cc(S(=O)(=O)O)c(N=Nc3ccccc3)c(O)c12. The van der Waals surface area contributed by atoms with Crippen molar-refractivity contribution >= 4 is 81.9 Å². The summed E-state index contributed by atoms with van der Waals surface area (Å²) in [5.41, 5.74) is 8.24. The Bertz CT molecular complexity index is 2900. The summed E-state index contributed by atoms with van der Waals surface area (Å²) in [6, 6.07) is 27.8. The molecule has 7 rings (SSSR count). The van der Waals surface area contributed by atoms with Gasteiger partial charge in [-0.15, -0.1) is 10.2 Å². The second kappa shape index (κ2) is 13.9. The fourth-order valence-corrected chi connectivity index (χ4v) is 6.66. The number of phenols is 2. The largest absolute Gasteiger partial charge is 0.508 e. The van der Waals surface area contributed by atoms with Gasteiger partial charge in [0.1, 0.15) is 32.7 Å². The number of aromatic hydroxyl groups is 2. The number of fused-ring (bicyclic) bond motifs is 2. The van der Waals surface area contributed by atoms with Crippen molar-refractivity contribution in [3.8, 4) is 22.9 Å². The number of azo groups is 3. The first-order valence-corrected chi connectivity index (χ1v) is 18.4. The number of anilines is 1. The Labute approximate surface area is 305 Å². The van der Waals surface area contributed by atoms with E-state index in [-0.39, 0.29) is 27.9 Å². The molecule has 0 radical (unpaired) electrons. The molecule has 54 heavy (non-hydrogen) atoms. The van der Waals surface area contributed by atoms with Gasteiger partial charge in [0.25, 0.3) is 20.2 Å². The molecule has 0 aliphatic heterocycles. The highest BCUT2D eigenvalue weighted by Crippen LogP contribution is 2.48. The van der Waals surface area contributed by atoms with Crippen LogP contribution in [0.1, 0.15) is 0 Å². The molecule has 0 aliphatic rings. The maximum Gasteiger partial charge on any atom is 0.296 e. The number of nitrogens with two attached hydrogens (primary N) is 1. The van der Waals surface area contributed by atoms with Crippen LogP contribution in [0.2, 0.25) is 0 Å². The number of nitrogens with zero attached hydrogens (tertiary/aromatic N) is 7. The van der Waals surface area contributed by atoms with Crippen LogP contribution in [-0.2, 0) is 20.2 Å². The summed E-state index contributed by atoms with van der Waals surface area (Å²) < 4.78 is 69.5. The highest BCUT2D eigenvalue weighted by Gasteiger charge is 2.28. The molecular formula is C35H25N9O8S2. The third-order valence-corrected chi connectivity index (χ3v) is 9.63. The highest BCUT2D eigenvalue weighted by molar-refractivity contribution is 7.86. The fourth-order valence-electron chi connectivity index (χ4n) is 5.33. The van der Waals surface area contributed by atoms with Crippen LogP contribution in [0.25, 0.3) is 33.2 Å². The Morgan fingerprint density at radius 2 is 1.11 bits per heavy atom. The molecule has 6 aromatic carbocycles. The van der Waals surface area contributed by atoms with Gasteiger partial charge in [-0.05, 0) is 96.4 Å². The average Bonchev–Trinajstić information content (AvgIpc) is 3.57. The number of H-pyrrole nitrogens is 1. The summed E-state index contributed by atoms with van der Waals surface area (Å²) in [7, 11) is -10.1. The zero-order valence-corrected chi connectivity index (χ0v) is 29.0. The lowest BCUT2D eigenvalue weighted by Crippen LogP contribution is -2.03. The van der Waals surface area contributed by atoms with Gasteiger partial charge in [0.2, 0.25) is 0 Å². The zero-order valence-electron chi connectivity index (χ0n) is 27.3. The molecule has 1 aromatic heterocycles. The van der Waals surface area contributed by atoms with E-state index in [1.165, 1.54) is 12.1 Å². The van der Waals surface area contributed by atoms with E-state index >= 15 is 0 Å². The quantitative estimate of drug-likeness (QED) is 0.0460. The molecular weight excluding hydrogens is 739 g/mol. The molecule has 0 spiro atoms. The van der Waals surface area contributed by atoms with Gasteiger partial charge < -0.3 is 20.9 Å².